The lowest BCUT2D eigenvalue weighted by Crippen LogP contribution is -2.45. The third-order valence-corrected chi connectivity index (χ3v) is 3.33. The van der Waals surface area contributed by atoms with Gasteiger partial charge in [-0.05, 0) is 59.5 Å². The van der Waals surface area contributed by atoms with Crippen molar-refractivity contribution in [2.45, 2.75) is 39.3 Å². The summed E-state index contributed by atoms with van der Waals surface area (Å²) in [5.41, 5.74) is 0.191. The number of nitrogens with zero attached hydrogens (tertiary/aromatic N) is 2. The zero-order chi connectivity index (χ0) is 15.7. The highest BCUT2D eigenvalue weighted by atomic mass is 19.1. The molecule has 0 aliphatic heterocycles. The van der Waals surface area contributed by atoms with Crippen LogP contribution in [0.3, 0.4) is 0 Å². The Morgan fingerprint density at radius 1 is 1.30 bits per heavy atom. The van der Waals surface area contributed by atoms with Crippen LogP contribution in [0.15, 0.2) is 18.2 Å². The van der Waals surface area contributed by atoms with Gasteiger partial charge in [0.2, 0.25) is 0 Å². The van der Waals surface area contributed by atoms with E-state index in [1.807, 2.05) is 25.9 Å². The average molecular weight is 282 g/mol. The maximum Gasteiger partial charge on any atom is 0.412 e. The van der Waals surface area contributed by atoms with Gasteiger partial charge in [-0.15, -0.1) is 0 Å². The van der Waals surface area contributed by atoms with Gasteiger partial charge >= 0.3 is 6.09 Å². The van der Waals surface area contributed by atoms with Crippen molar-refractivity contribution in [1.82, 2.24) is 4.90 Å². The molecule has 20 heavy (non-hydrogen) atoms. The number of carboxylic acid groups (broad SMARTS) is 1. The quantitative estimate of drug-likeness (QED) is 0.918. The minimum absolute atomic E-state index is 0.0615. The third kappa shape index (κ3) is 3.48. The van der Waals surface area contributed by atoms with Gasteiger partial charge in [-0.25, -0.2) is 9.18 Å². The third-order valence-electron chi connectivity index (χ3n) is 3.33. The molecule has 0 aromatic heterocycles. The Labute approximate surface area is 119 Å². The van der Waals surface area contributed by atoms with E-state index in [0.29, 0.717) is 0 Å². The van der Waals surface area contributed by atoms with Gasteiger partial charge in [0.15, 0.2) is 0 Å². The fourth-order valence-corrected chi connectivity index (χ4v) is 2.01. The Morgan fingerprint density at radius 3 is 2.20 bits per heavy atom. The van der Waals surface area contributed by atoms with Gasteiger partial charge in [0.05, 0.1) is 5.69 Å². The normalized spacial score (nSPS) is 13.4. The van der Waals surface area contributed by atoms with Crippen molar-refractivity contribution in [3.05, 3.63) is 29.6 Å². The first-order valence-electron chi connectivity index (χ1n) is 6.54. The lowest BCUT2D eigenvalue weighted by atomic mass is 10.0. The van der Waals surface area contributed by atoms with Gasteiger partial charge in [0, 0.05) is 11.6 Å². The van der Waals surface area contributed by atoms with E-state index in [4.69, 9.17) is 0 Å². The van der Waals surface area contributed by atoms with Crippen LogP contribution in [0.25, 0.3) is 0 Å². The molecule has 4 nitrogen and oxygen atoms in total. The number of amides is 1. The van der Waals surface area contributed by atoms with Crippen LogP contribution in [0.1, 0.15) is 39.3 Å². The molecular weight excluding hydrogens is 259 g/mol. The van der Waals surface area contributed by atoms with Crippen molar-refractivity contribution in [3.8, 4) is 0 Å². The molecule has 0 saturated carbocycles. The summed E-state index contributed by atoms with van der Waals surface area (Å²) in [4.78, 5) is 14.4. The van der Waals surface area contributed by atoms with Crippen molar-refractivity contribution < 1.29 is 14.3 Å². The van der Waals surface area contributed by atoms with Gasteiger partial charge in [-0.3, -0.25) is 4.90 Å². The highest BCUT2D eigenvalue weighted by Crippen LogP contribution is 2.29. The Kier molecular flexibility index (Phi) is 4.76. The van der Waals surface area contributed by atoms with E-state index in [2.05, 4.69) is 0 Å². The van der Waals surface area contributed by atoms with Crippen LogP contribution in [-0.2, 0) is 0 Å². The smallest absolute Gasteiger partial charge is 0.412 e. The molecule has 5 heteroatoms. The highest BCUT2D eigenvalue weighted by Gasteiger charge is 2.30. The van der Waals surface area contributed by atoms with Crippen LogP contribution >= 0.6 is 0 Å². The first-order valence-corrected chi connectivity index (χ1v) is 6.54. The van der Waals surface area contributed by atoms with Gasteiger partial charge in [-0.1, -0.05) is 6.07 Å². The number of carbonyl (C=O) groups is 1. The zero-order valence-electron chi connectivity index (χ0n) is 12.9. The maximum absolute atomic E-state index is 14.3. The molecule has 0 heterocycles. The first-order chi connectivity index (χ1) is 9.05. The number of hydrogen-bond acceptors (Lipinski definition) is 2. The summed E-state index contributed by atoms with van der Waals surface area (Å²) < 4.78 is 14.3. The second kappa shape index (κ2) is 5.79. The number of benzene rings is 1. The lowest BCUT2D eigenvalue weighted by Gasteiger charge is -2.33. The van der Waals surface area contributed by atoms with E-state index in [1.165, 1.54) is 12.1 Å². The Balaban J connectivity index is 3.24. The molecule has 1 amide bonds. The Hall–Kier alpha value is -1.62. The monoisotopic (exact) mass is 282 g/mol. The van der Waals surface area contributed by atoms with E-state index in [0.717, 1.165) is 10.5 Å². The molecule has 0 aliphatic rings. The fourth-order valence-electron chi connectivity index (χ4n) is 2.01. The number of rotatable bonds is 3. The predicted molar refractivity (Wildman–Crippen MR) is 78.8 cm³/mol. The molecule has 1 atom stereocenters. The van der Waals surface area contributed by atoms with Crippen LogP contribution in [0.4, 0.5) is 14.9 Å². The molecule has 0 aliphatic carbocycles. The standard InChI is InChI=1S/C15H23FN2O2/c1-10(17(5)6)11-7-8-13(12(16)9-11)18(14(19)20)15(2,3)4/h7-10H,1-6H3,(H,19,20)/t10-/m0/s1. The molecule has 1 aromatic rings. The lowest BCUT2D eigenvalue weighted by molar-refractivity contribution is 0.195. The molecule has 1 rings (SSSR count). The fraction of sp³-hybridized carbons (Fsp3) is 0.533. The highest BCUT2D eigenvalue weighted by molar-refractivity contribution is 5.87. The van der Waals surface area contributed by atoms with Crippen molar-refractivity contribution in [3.63, 3.8) is 0 Å². The van der Waals surface area contributed by atoms with E-state index in [1.54, 1.807) is 26.8 Å². The van der Waals surface area contributed by atoms with E-state index >= 15 is 0 Å². The summed E-state index contributed by atoms with van der Waals surface area (Å²) in [5.74, 6) is -0.520. The van der Waals surface area contributed by atoms with Gasteiger partial charge in [0.1, 0.15) is 5.82 Å². The van der Waals surface area contributed by atoms with Gasteiger partial charge in [0.25, 0.3) is 0 Å². The maximum atomic E-state index is 14.3. The molecule has 1 N–H and O–H groups in total. The summed E-state index contributed by atoms with van der Waals surface area (Å²) in [6, 6.07) is 4.77. The molecule has 0 radical (unpaired) electrons. The van der Waals surface area contributed by atoms with Crippen LogP contribution < -0.4 is 4.90 Å². The summed E-state index contributed by atoms with van der Waals surface area (Å²) in [5, 5.41) is 9.30. The largest absolute Gasteiger partial charge is 0.465 e. The van der Waals surface area contributed by atoms with Crippen molar-refractivity contribution in [1.29, 1.82) is 0 Å². The summed E-state index contributed by atoms with van der Waals surface area (Å²) >= 11 is 0. The van der Waals surface area contributed by atoms with Crippen molar-refractivity contribution >= 4 is 11.8 Å². The second-order valence-electron chi connectivity index (χ2n) is 6.14. The second-order valence-corrected chi connectivity index (χ2v) is 6.14. The number of hydrogen-bond donors (Lipinski definition) is 1. The SMILES string of the molecule is C[C@@H](c1ccc(N(C(=O)O)C(C)(C)C)c(F)c1)N(C)C. The van der Waals surface area contributed by atoms with Gasteiger partial charge in [-0.2, -0.15) is 0 Å². The topological polar surface area (TPSA) is 43.8 Å². The molecular formula is C15H23FN2O2. The summed E-state index contributed by atoms with van der Waals surface area (Å²) in [6.07, 6.45) is -1.16. The molecule has 112 valence electrons. The molecule has 0 bridgehead atoms. The van der Waals surface area contributed by atoms with Gasteiger partial charge < -0.3 is 10.0 Å². The molecule has 0 fully saturated rings. The molecule has 0 spiro atoms. The van der Waals surface area contributed by atoms with Crippen LogP contribution in [-0.4, -0.2) is 35.7 Å². The molecule has 1 aromatic carbocycles. The Bertz CT molecular complexity index is 495. The van der Waals surface area contributed by atoms with E-state index in [-0.39, 0.29) is 11.7 Å². The average Bonchev–Trinajstić information content (AvgIpc) is 2.28. The van der Waals surface area contributed by atoms with Crippen LogP contribution in [0.2, 0.25) is 0 Å². The van der Waals surface area contributed by atoms with Crippen molar-refractivity contribution in [2.24, 2.45) is 0 Å². The van der Waals surface area contributed by atoms with E-state index < -0.39 is 17.4 Å². The van der Waals surface area contributed by atoms with Crippen LogP contribution in [0.5, 0.6) is 0 Å². The number of anilines is 1. The number of halogens is 1. The predicted octanol–water partition coefficient (Wildman–Crippen LogP) is 3.73. The zero-order valence-corrected chi connectivity index (χ0v) is 12.9. The summed E-state index contributed by atoms with van der Waals surface area (Å²) in [6.45, 7) is 7.16. The molecule has 0 unspecified atom stereocenters. The summed E-state index contributed by atoms with van der Waals surface area (Å²) in [7, 11) is 3.82. The minimum atomic E-state index is -1.16. The minimum Gasteiger partial charge on any atom is -0.465 e. The van der Waals surface area contributed by atoms with Crippen molar-refractivity contribution in [2.75, 3.05) is 19.0 Å². The van der Waals surface area contributed by atoms with Crippen LogP contribution in [0, 0.1) is 5.82 Å². The Morgan fingerprint density at radius 2 is 1.85 bits per heavy atom. The van der Waals surface area contributed by atoms with E-state index in [9.17, 15) is 14.3 Å². The first kappa shape index (κ1) is 16.4. The molecule has 0 saturated heterocycles.